The van der Waals surface area contributed by atoms with E-state index < -0.39 is 0 Å². The van der Waals surface area contributed by atoms with Gasteiger partial charge in [0.1, 0.15) is 0 Å². The first-order chi connectivity index (χ1) is 4.68. The van der Waals surface area contributed by atoms with Gasteiger partial charge < -0.3 is 4.90 Å². The summed E-state index contributed by atoms with van der Waals surface area (Å²) in [5.74, 6) is 1.94. The second-order valence-corrected chi connectivity index (χ2v) is 4.30. The molecule has 58 valence electrons. The lowest BCUT2D eigenvalue weighted by Crippen LogP contribution is -2.02. The van der Waals surface area contributed by atoms with Gasteiger partial charge in [-0.2, -0.15) is 0 Å². The third kappa shape index (κ3) is 2.25. The molecule has 0 unspecified atom stereocenters. The molecule has 1 heterocycles. The summed E-state index contributed by atoms with van der Waals surface area (Å²) in [6.07, 6.45) is 3.50. The van der Waals surface area contributed by atoms with Crippen molar-refractivity contribution in [2.24, 2.45) is 5.92 Å². The molecule has 0 aromatic rings. The average Bonchev–Trinajstić information content (AvgIpc) is 2.13. The van der Waals surface area contributed by atoms with Gasteiger partial charge in [0, 0.05) is 18.2 Å². The van der Waals surface area contributed by atoms with Crippen LogP contribution in [-0.2, 0) is 0 Å². The fourth-order valence-corrected chi connectivity index (χ4v) is 2.17. The van der Waals surface area contributed by atoms with Crippen LogP contribution in [0, 0.1) is 5.92 Å². The fraction of sp³-hybridized carbons (Fsp3) is 0.750. The number of hydrogen-bond donors (Lipinski definition) is 0. The fourth-order valence-electron chi connectivity index (χ4n) is 1.02. The van der Waals surface area contributed by atoms with E-state index in [9.17, 15) is 0 Å². The van der Waals surface area contributed by atoms with E-state index in [1.165, 1.54) is 11.3 Å². The molecular weight excluding hydrogens is 142 g/mol. The van der Waals surface area contributed by atoms with E-state index in [2.05, 4.69) is 32.0 Å². The van der Waals surface area contributed by atoms with Gasteiger partial charge in [-0.3, -0.25) is 0 Å². The highest BCUT2D eigenvalue weighted by Gasteiger charge is 2.09. The van der Waals surface area contributed by atoms with Crippen molar-refractivity contribution >= 4 is 11.8 Å². The molecule has 0 N–H and O–H groups in total. The lowest BCUT2D eigenvalue weighted by atomic mass is 10.1. The zero-order chi connectivity index (χ0) is 7.56. The highest BCUT2D eigenvalue weighted by Crippen LogP contribution is 2.29. The Bertz CT molecular complexity index is 140. The molecule has 2 heteroatoms. The molecule has 1 nitrogen and oxygen atoms in total. The van der Waals surface area contributed by atoms with Gasteiger partial charge in [-0.15, -0.1) is 11.8 Å². The highest BCUT2D eigenvalue weighted by molar-refractivity contribution is 8.03. The van der Waals surface area contributed by atoms with E-state index in [-0.39, 0.29) is 0 Å². The smallest absolute Gasteiger partial charge is 0.0674 e. The van der Waals surface area contributed by atoms with Gasteiger partial charge in [-0.05, 0) is 12.3 Å². The van der Waals surface area contributed by atoms with Gasteiger partial charge in [0.05, 0.1) is 5.88 Å². The Morgan fingerprint density at radius 1 is 1.70 bits per heavy atom. The third-order valence-electron chi connectivity index (χ3n) is 1.43. The van der Waals surface area contributed by atoms with Crippen molar-refractivity contribution in [1.82, 2.24) is 4.90 Å². The molecule has 0 saturated carbocycles. The molecule has 1 aliphatic heterocycles. The van der Waals surface area contributed by atoms with Crippen molar-refractivity contribution in [3.8, 4) is 0 Å². The summed E-state index contributed by atoms with van der Waals surface area (Å²) >= 11 is 1.97. The lowest BCUT2D eigenvalue weighted by molar-refractivity contribution is 0.546. The summed E-state index contributed by atoms with van der Waals surface area (Å²) in [6, 6.07) is 0. The predicted molar refractivity (Wildman–Crippen MR) is 47.8 cm³/mol. The van der Waals surface area contributed by atoms with E-state index in [1.807, 2.05) is 11.8 Å². The standard InChI is InChI=1S/C8H15NS/c1-7(2)4-8-5-9(3)6-10-8/h5,7H,4,6H2,1-3H3. The quantitative estimate of drug-likeness (QED) is 0.606. The van der Waals surface area contributed by atoms with Crippen molar-refractivity contribution in [3.05, 3.63) is 11.1 Å². The summed E-state index contributed by atoms with van der Waals surface area (Å²) < 4.78 is 0. The topological polar surface area (TPSA) is 3.24 Å². The second-order valence-electron chi connectivity index (χ2n) is 3.22. The van der Waals surface area contributed by atoms with E-state index in [4.69, 9.17) is 0 Å². The van der Waals surface area contributed by atoms with Crippen LogP contribution in [0.4, 0.5) is 0 Å². The Balaban J connectivity index is 2.35. The summed E-state index contributed by atoms with van der Waals surface area (Å²) in [5, 5.41) is 0. The minimum atomic E-state index is 0.797. The van der Waals surface area contributed by atoms with Crippen molar-refractivity contribution in [2.45, 2.75) is 20.3 Å². The maximum atomic E-state index is 2.26. The molecule has 0 amide bonds. The monoisotopic (exact) mass is 157 g/mol. The first kappa shape index (κ1) is 7.99. The third-order valence-corrected chi connectivity index (χ3v) is 2.61. The number of hydrogen-bond acceptors (Lipinski definition) is 2. The maximum Gasteiger partial charge on any atom is 0.0674 e. The Kier molecular flexibility index (Phi) is 2.66. The van der Waals surface area contributed by atoms with Gasteiger partial charge in [0.25, 0.3) is 0 Å². The van der Waals surface area contributed by atoms with Gasteiger partial charge in [-0.25, -0.2) is 0 Å². The zero-order valence-electron chi connectivity index (χ0n) is 6.92. The van der Waals surface area contributed by atoms with Gasteiger partial charge in [0.15, 0.2) is 0 Å². The molecule has 0 aromatic heterocycles. The maximum absolute atomic E-state index is 2.26. The average molecular weight is 157 g/mol. The Hall–Kier alpha value is -0.110. The van der Waals surface area contributed by atoms with Crippen molar-refractivity contribution in [3.63, 3.8) is 0 Å². The zero-order valence-corrected chi connectivity index (χ0v) is 7.74. The van der Waals surface area contributed by atoms with Crippen molar-refractivity contribution in [1.29, 1.82) is 0 Å². The van der Waals surface area contributed by atoms with E-state index >= 15 is 0 Å². The number of thioether (sulfide) groups is 1. The van der Waals surface area contributed by atoms with Gasteiger partial charge in [-0.1, -0.05) is 13.8 Å². The molecule has 0 atom stereocenters. The van der Waals surface area contributed by atoms with Gasteiger partial charge in [0.2, 0.25) is 0 Å². The molecule has 10 heavy (non-hydrogen) atoms. The minimum Gasteiger partial charge on any atom is -0.370 e. The Morgan fingerprint density at radius 2 is 2.40 bits per heavy atom. The largest absolute Gasteiger partial charge is 0.370 e. The van der Waals surface area contributed by atoms with Crippen LogP contribution in [0.15, 0.2) is 11.1 Å². The van der Waals surface area contributed by atoms with Crippen LogP contribution >= 0.6 is 11.8 Å². The van der Waals surface area contributed by atoms with Crippen LogP contribution in [0.3, 0.4) is 0 Å². The molecule has 0 fully saturated rings. The Morgan fingerprint density at radius 3 is 2.80 bits per heavy atom. The molecule has 0 radical (unpaired) electrons. The van der Waals surface area contributed by atoms with Crippen LogP contribution in [0.25, 0.3) is 0 Å². The van der Waals surface area contributed by atoms with Crippen molar-refractivity contribution in [2.75, 3.05) is 12.9 Å². The van der Waals surface area contributed by atoms with E-state index in [0.29, 0.717) is 0 Å². The first-order valence-corrected chi connectivity index (χ1v) is 4.71. The summed E-state index contributed by atoms with van der Waals surface area (Å²) in [6.45, 7) is 4.53. The first-order valence-electron chi connectivity index (χ1n) is 3.72. The minimum absolute atomic E-state index is 0.797. The highest BCUT2D eigenvalue weighted by atomic mass is 32.2. The van der Waals surface area contributed by atoms with Crippen LogP contribution in [-0.4, -0.2) is 17.8 Å². The predicted octanol–water partition coefficient (Wildman–Crippen LogP) is 2.51. The SMILES string of the molecule is CC(C)CC1=CN(C)CS1. The molecule has 0 bridgehead atoms. The lowest BCUT2D eigenvalue weighted by Gasteiger charge is -2.01. The van der Waals surface area contributed by atoms with Crippen LogP contribution in [0.5, 0.6) is 0 Å². The summed E-state index contributed by atoms with van der Waals surface area (Å²) in [7, 11) is 2.13. The van der Waals surface area contributed by atoms with Crippen LogP contribution in [0.1, 0.15) is 20.3 Å². The van der Waals surface area contributed by atoms with Crippen molar-refractivity contribution < 1.29 is 0 Å². The molecule has 0 aliphatic carbocycles. The van der Waals surface area contributed by atoms with Gasteiger partial charge >= 0.3 is 0 Å². The molecule has 1 aliphatic rings. The van der Waals surface area contributed by atoms with Crippen LogP contribution < -0.4 is 0 Å². The summed E-state index contributed by atoms with van der Waals surface area (Å²) in [4.78, 5) is 3.78. The summed E-state index contributed by atoms with van der Waals surface area (Å²) in [5.41, 5.74) is 0. The van der Waals surface area contributed by atoms with E-state index in [0.717, 1.165) is 11.8 Å². The number of allylic oxidation sites excluding steroid dienone is 1. The second kappa shape index (κ2) is 3.33. The normalized spacial score (nSPS) is 18.4. The molecule has 0 saturated heterocycles. The molecule has 0 aromatic carbocycles. The molecule has 1 rings (SSSR count). The molecule has 0 spiro atoms. The van der Waals surface area contributed by atoms with Crippen LogP contribution in [0.2, 0.25) is 0 Å². The number of nitrogens with zero attached hydrogens (tertiary/aromatic N) is 1. The molecular formula is C8H15NS. The Labute approximate surface area is 67.5 Å². The number of rotatable bonds is 2. The van der Waals surface area contributed by atoms with E-state index in [1.54, 1.807) is 0 Å².